The molecule has 2 N–H and O–H groups in total. The summed E-state index contributed by atoms with van der Waals surface area (Å²) in [6.45, 7) is 2.03. The fourth-order valence-electron chi connectivity index (χ4n) is 2.24. The van der Waals surface area contributed by atoms with Gasteiger partial charge in [0.25, 0.3) is 5.69 Å². The van der Waals surface area contributed by atoms with Crippen molar-refractivity contribution in [3.63, 3.8) is 0 Å². The number of carbonyl (C=O) groups is 2. The molecule has 0 unspecified atom stereocenters. The van der Waals surface area contributed by atoms with E-state index >= 15 is 0 Å². The maximum atomic E-state index is 11.5. The quantitative estimate of drug-likeness (QED) is 0.479. The molecule has 0 aromatic heterocycles. The minimum atomic E-state index is -0.826. The van der Waals surface area contributed by atoms with Crippen LogP contribution < -0.4 is 10.5 Å². The van der Waals surface area contributed by atoms with Crippen molar-refractivity contribution in [3.8, 4) is 5.75 Å². The second-order valence-corrected chi connectivity index (χ2v) is 5.47. The third-order valence-electron chi connectivity index (χ3n) is 3.51. The van der Waals surface area contributed by atoms with Gasteiger partial charge in [-0.15, -0.1) is 0 Å². The van der Waals surface area contributed by atoms with E-state index < -0.39 is 16.5 Å². The lowest BCUT2D eigenvalue weighted by atomic mass is 9.82. The van der Waals surface area contributed by atoms with Crippen LogP contribution in [0.2, 0.25) is 5.02 Å². The van der Waals surface area contributed by atoms with Gasteiger partial charge >= 0.3 is 5.97 Å². The van der Waals surface area contributed by atoms with Gasteiger partial charge in [0.2, 0.25) is 5.91 Å². The fraction of sp³-hybridized carbons (Fsp3) is 0.429. The van der Waals surface area contributed by atoms with E-state index in [0.29, 0.717) is 19.4 Å². The van der Waals surface area contributed by atoms with Crippen molar-refractivity contribution in [1.29, 1.82) is 0 Å². The van der Waals surface area contributed by atoms with Crippen molar-refractivity contribution in [2.24, 2.45) is 11.7 Å². The van der Waals surface area contributed by atoms with Gasteiger partial charge in [-0.2, -0.15) is 0 Å². The van der Waals surface area contributed by atoms with Crippen LogP contribution in [0.15, 0.2) is 12.1 Å². The normalized spacial score (nSPS) is 19.6. The zero-order valence-electron chi connectivity index (χ0n) is 12.3. The summed E-state index contributed by atoms with van der Waals surface area (Å²) in [5, 5.41) is 10.8. The van der Waals surface area contributed by atoms with E-state index in [1.165, 1.54) is 6.07 Å². The van der Waals surface area contributed by atoms with Crippen LogP contribution >= 0.6 is 11.6 Å². The average molecular weight is 343 g/mol. The summed E-state index contributed by atoms with van der Waals surface area (Å²) in [5.41, 5.74) is 4.62. The summed E-state index contributed by atoms with van der Waals surface area (Å²) in [6.07, 6.45) is 0.512. The Kier molecular flexibility index (Phi) is 5.05. The van der Waals surface area contributed by atoms with Gasteiger partial charge in [-0.05, 0) is 25.8 Å². The topological polar surface area (TPSA) is 122 Å². The van der Waals surface area contributed by atoms with Crippen LogP contribution in [0, 0.1) is 16.0 Å². The van der Waals surface area contributed by atoms with Crippen LogP contribution in [-0.4, -0.2) is 29.5 Å². The Balaban J connectivity index is 2.13. The number of hydrogen-bond acceptors (Lipinski definition) is 6. The highest BCUT2D eigenvalue weighted by Gasteiger charge is 2.38. The lowest BCUT2D eigenvalue weighted by molar-refractivity contribution is -0.384. The maximum absolute atomic E-state index is 11.5. The van der Waals surface area contributed by atoms with Crippen LogP contribution in [0.1, 0.15) is 30.1 Å². The molecular formula is C14H15ClN2O6. The van der Waals surface area contributed by atoms with Crippen LogP contribution in [0.4, 0.5) is 5.69 Å². The molecule has 8 nitrogen and oxygen atoms in total. The first-order valence-electron chi connectivity index (χ1n) is 6.94. The Morgan fingerprint density at radius 1 is 1.43 bits per heavy atom. The van der Waals surface area contributed by atoms with Gasteiger partial charge in [-0.3, -0.25) is 19.7 Å². The lowest BCUT2D eigenvalue weighted by Gasteiger charge is -2.33. The number of nitro benzene ring substituents is 1. The minimum absolute atomic E-state index is 0.00183. The molecule has 0 atom stereocenters. The predicted octanol–water partition coefficient (Wildman–Crippen LogP) is 2.07. The zero-order valence-corrected chi connectivity index (χ0v) is 13.0. The van der Waals surface area contributed by atoms with E-state index in [0.717, 1.165) is 6.07 Å². The summed E-state index contributed by atoms with van der Waals surface area (Å²) in [4.78, 5) is 33.0. The monoisotopic (exact) mass is 342 g/mol. The standard InChI is InChI=1S/C14H15ClN2O6/c1-2-22-14(19)8-3-9(4-8)23-11-6-7(13(16)18)5-10(12(11)15)17(20)21/h5-6,8-9H,2-4H2,1H3,(H2,16,18). The summed E-state index contributed by atoms with van der Waals surface area (Å²) >= 11 is 5.94. The summed E-state index contributed by atoms with van der Waals surface area (Å²) in [6, 6.07) is 2.26. The molecule has 1 aliphatic rings. The average Bonchev–Trinajstić information content (AvgIpc) is 2.43. The molecule has 1 aromatic rings. The molecule has 1 saturated carbocycles. The minimum Gasteiger partial charge on any atom is -0.489 e. The number of benzene rings is 1. The Morgan fingerprint density at radius 2 is 2.09 bits per heavy atom. The molecule has 1 aliphatic carbocycles. The second-order valence-electron chi connectivity index (χ2n) is 5.09. The molecule has 0 saturated heterocycles. The van der Waals surface area contributed by atoms with Crippen molar-refractivity contribution < 1.29 is 24.0 Å². The summed E-state index contributed by atoms with van der Waals surface area (Å²) in [7, 11) is 0. The first kappa shape index (κ1) is 17.0. The van der Waals surface area contributed by atoms with Crippen molar-refractivity contribution in [2.75, 3.05) is 6.61 Å². The number of hydrogen-bond donors (Lipinski definition) is 1. The van der Waals surface area contributed by atoms with Gasteiger partial charge in [0.05, 0.1) is 17.4 Å². The van der Waals surface area contributed by atoms with Crippen LogP contribution in [0.3, 0.4) is 0 Å². The number of primary amides is 1. The van der Waals surface area contributed by atoms with Gasteiger partial charge in [-0.25, -0.2) is 0 Å². The highest BCUT2D eigenvalue weighted by Crippen LogP contribution is 2.39. The third-order valence-corrected chi connectivity index (χ3v) is 3.89. The molecule has 2 rings (SSSR count). The van der Waals surface area contributed by atoms with Crippen LogP contribution in [0.5, 0.6) is 5.75 Å². The highest BCUT2D eigenvalue weighted by atomic mass is 35.5. The molecule has 0 bridgehead atoms. The van der Waals surface area contributed by atoms with Crippen molar-refractivity contribution in [2.45, 2.75) is 25.9 Å². The smallest absolute Gasteiger partial charge is 0.309 e. The molecule has 1 amide bonds. The third kappa shape index (κ3) is 3.70. The Morgan fingerprint density at radius 3 is 2.61 bits per heavy atom. The number of halogens is 1. The van der Waals surface area contributed by atoms with E-state index in [1.807, 2.05) is 0 Å². The van der Waals surface area contributed by atoms with Crippen molar-refractivity contribution in [1.82, 2.24) is 0 Å². The molecule has 0 spiro atoms. The predicted molar refractivity (Wildman–Crippen MR) is 80.4 cm³/mol. The first-order chi connectivity index (χ1) is 10.8. The van der Waals surface area contributed by atoms with Gasteiger partial charge in [0.15, 0.2) is 5.02 Å². The second kappa shape index (κ2) is 6.82. The molecular weight excluding hydrogens is 328 g/mol. The number of rotatable bonds is 6. The van der Waals surface area contributed by atoms with Gasteiger partial charge in [0.1, 0.15) is 11.9 Å². The van der Waals surface area contributed by atoms with Crippen LogP contribution in [-0.2, 0) is 9.53 Å². The first-order valence-corrected chi connectivity index (χ1v) is 7.32. The molecule has 0 heterocycles. The number of nitro groups is 1. The van der Waals surface area contributed by atoms with Crippen molar-refractivity contribution in [3.05, 3.63) is 32.8 Å². The number of carbonyl (C=O) groups excluding carboxylic acids is 2. The fourth-order valence-corrected chi connectivity index (χ4v) is 2.46. The number of esters is 1. The van der Waals surface area contributed by atoms with Crippen LogP contribution in [0.25, 0.3) is 0 Å². The highest BCUT2D eigenvalue weighted by molar-refractivity contribution is 6.34. The maximum Gasteiger partial charge on any atom is 0.309 e. The number of nitrogens with zero attached hydrogens (tertiary/aromatic N) is 1. The Hall–Kier alpha value is -2.35. The van der Waals surface area contributed by atoms with Gasteiger partial charge in [0, 0.05) is 11.6 Å². The SMILES string of the molecule is CCOC(=O)C1CC(Oc2cc(C(N)=O)cc([N+](=O)[O-])c2Cl)C1. The largest absolute Gasteiger partial charge is 0.489 e. The molecule has 0 radical (unpaired) electrons. The molecule has 1 aromatic carbocycles. The molecule has 0 aliphatic heterocycles. The molecule has 23 heavy (non-hydrogen) atoms. The molecule has 124 valence electrons. The van der Waals surface area contributed by atoms with E-state index in [1.54, 1.807) is 6.92 Å². The Labute approximate surface area is 136 Å². The number of amides is 1. The van der Waals surface area contributed by atoms with Gasteiger partial charge in [-0.1, -0.05) is 11.6 Å². The van der Waals surface area contributed by atoms with E-state index in [2.05, 4.69) is 0 Å². The van der Waals surface area contributed by atoms with E-state index in [-0.39, 0.29) is 34.3 Å². The van der Waals surface area contributed by atoms with Crippen molar-refractivity contribution >= 4 is 29.2 Å². The van der Waals surface area contributed by atoms with Gasteiger partial charge < -0.3 is 15.2 Å². The zero-order chi connectivity index (χ0) is 17.1. The van der Waals surface area contributed by atoms with E-state index in [4.69, 9.17) is 26.8 Å². The number of ether oxygens (including phenoxy) is 2. The Bertz CT molecular complexity index is 657. The number of nitrogens with two attached hydrogens (primary N) is 1. The van der Waals surface area contributed by atoms with E-state index in [9.17, 15) is 19.7 Å². The molecule has 1 fully saturated rings. The molecule has 9 heteroatoms. The lowest BCUT2D eigenvalue weighted by Crippen LogP contribution is -2.39. The summed E-state index contributed by atoms with van der Waals surface area (Å²) in [5.74, 6) is -1.38. The summed E-state index contributed by atoms with van der Waals surface area (Å²) < 4.78 is 10.5.